The van der Waals surface area contributed by atoms with Gasteiger partial charge in [-0.1, -0.05) is 38.8 Å². The van der Waals surface area contributed by atoms with E-state index in [4.69, 9.17) is 4.74 Å². The summed E-state index contributed by atoms with van der Waals surface area (Å²) in [6, 6.07) is 7.00. The van der Waals surface area contributed by atoms with Gasteiger partial charge in [0.15, 0.2) is 0 Å². The van der Waals surface area contributed by atoms with Crippen LogP contribution in [0.3, 0.4) is 0 Å². The Bertz CT molecular complexity index is 341. The van der Waals surface area contributed by atoms with E-state index in [9.17, 15) is 0 Å². The lowest BCUT2D eigenvalue weighted by molar-refractivity contribution is 0.410. The van der Waals surface area contributed by atoms with E-state index in [1.54, 1.807) is 7.11 Å². The fourth-order valence-electron chi connectivity index (χ4n) is 2.23. The molecule has 1 N–H and O–H groups in total. The Morgan fingerprint density at radius 3 is 2.56 bits per heavy atom. The van der Waals surface area contributed by atoms with Crippen molar-refractivity contribution >= 4 is 0 Å². The molecule has 102 valence electrons. The minimum Gasteiger partial charge on any atom is -0.496 e. The Kier molecular flexibility index (Phi) is 6.81. The van der Waals surface area contributed by atoms with Crippen molar-refractivity contribution < 1.29 is 4.74 Å². The third kappa shape index (κ3) is 4.34. The van der Waals surface area contributed by atoms with Crippen molar-refractivity contribution in [2.75, 3.05) is 13.7 Å². The molecule has 0 heterocycles. The maximum atomic E-state index is 5.32. The van der Waals surface area contributed by atoms with Gasteiger partial charge in [-0.25, -0.2) is 0 Å². The van der Waals surface area contributed by atoms with E-state index in [1.807, 2.05) is 0 Å². The van der Waals surface area contributed by atoms with E-state index >= 15 is 0 Å². The van der Waals surface area contributed by atoms with Crippen molar-refractivity contribution in [2.45, 2.75) is 52.5 Å². The Hall–Kier alpha value is -1.02. The number of unbranched alkanes of at least 4 members (excludes halogenated alkanes) is 1. The lowest BCUT2D eigenvalue weighted by atomic mass is 9.99. The van der Waals surface area contributed by atoms with Gasteiger partial charge in [0.25, 0.3) is 0 Å². The van der Waals surface area contributed by atoms with Gasteiger partial charge in [-0.2, -0.15) is 0 Å². The summed E-state index contributed by atoms with van der Waals surface area (Å²) in [4.78, 5) is 0. The highest BCUT2D eigenvalue weighted by Crippen LogP contribution is 2.25. The molecule has 18 heavy (non-hydrogen) atoms. The molecule has 1 aromatic rings. The van der Waals surface area contributed by atoms with Gasteiger partial charge in [-0.3, -0.25) is 0 Å². The summed E-state index contributed by atoms with van der Waals surface area (Å²) in [5.74, 6) is 0.975. The van der Waals surface area contributed by atoms with Crippen molar-refractivity contribution in [1.29, 1.82) is 0 Å². The van der Waals surface area contributed by atoms with Crippen molar-refractivity contribution in [1.82, 2.24) is 5.32 Å². The number of benzene rings is 1. The zero-order chi connectivity index (χ0) is 13.4. The van der Waals surface area contributed by atoms with Crippen molar-refractivity contribution in [3.63, 3.8) is 0 Å². The number of ether oxygens (including phenoxy) is 1. The second-order valence-electron chi connectivity index (χ2n) is 4.88. The zero-order valence-corrected chi connectivity index (χ0v) is 12.3. The predicted molar refractivity (Wildman–Crippen MR) is 78.3 cm³/mol. The van der Waals surface area contributed by atoms with E-state index in [2.05, 4.69) is 44.3 Å². The van der Waals surface area contributed by atoms with Crippen LogP contribution in [0.2, 0.25) is 0 Å². The number of hydrogen-bond donors (Lipinski definition) is 1. The molecule has 0 radical (unpaired) electrons. The molecule has 2 nitrogen and oxygen atoms in total. The van der Waals surface area contributed by atoms with Crippen LogP contribution in [-0.4, -0.2) is 13.7 Å². The molecule has 2 heteroatoms. The van der Waals surface area contributed by atoms with E-state index < -0.39 is 0 Å². The summed E-state index contributed by atoms with van der Waals surface area (Å²) in [7, 11) is 1.73. The molecule has 0 aliphatic heterocycles. The second-order valence-corrected chi connectivity index (χ2v) is 4.88. The molecule has 0 spiro atoms. The first-order valence-electron chi connectivity index (χ1n) is 7.10. The maximum Gasteiger partial charge on any atom is 0.121 e. The molecule has 1 unspecified atom stereocenters. The molecule has 0 saturated heterocycles. The lowest BCUT2D eigenvalue weighted by Gasteiger charge is -2.20. The molecule has 0 amide bonds. The lowest BCUT2D eigenvalue weighted by Crippen LogP contribution is -2.22. The number of rotatable bonds is 8. The molecule has 1 aromatic carbocycles. The first-order chi connectivity index (χ1) is 8.72. The minimum atomic E-state index is 0.481. The number of aryl methyl sites for hydroxylation is 1. The second kappa shape index (κ2) is 8.15. The van der Waals surface area contributed by atoms with Gasteiger partial charge in [0.2, 0.25) is 0 Å². The first-order valence-corrected chi connectivity index (χ1v) is 7.10. The molecule has 1 atom stereocenters. The van der Waals surface area contributed by atoms with Crippen LogP contribution in [0.5, 0.6) is 5.75 Å². The van der Waals surface area contributed by atoms with Crippen molar-refractivity contribution in [3.8, 4) is 5.75 Å². The molecule has 0 bridgehead atoms. The molecule has 0 aromatic heterocycles. The summed E-state index contributed by atoms with van der Waals surface area (Å²) in [5, 5.41) is 3.64. The van der Waals surface area contributed by atoms with Crippen LogP contribution in [0.15, 0.2) is 18.2 Å². The molecule has 0 fully saturated rings. The largest absolute Gasteiger partial charge is 0.496 e. The number of hydrogen-bond acceptors (Lipinski definition) is 2. The molecular weight excluding hydrogens is 222 g/mol. The average molecular weight is 249 g/mol. The summed E-state index contributed by atoms with van der Waals surface area (Å²) >= 11 is 0. The van der Waals surface area contributed by atoms with Crippen molar-refractivity contribution in [2.24, 2.45) is 0 Å². The molecular formula is C16H27NO. The highest BCUT2D eigenvalue weighted by Gasteiger charge is 2.11. The third-order valence-electron chi connectivity index (χ3n) is 3.31. The SMILES string of the molecule is CCCCC(NCCC)c1ccc(OC)c(C)c1. The minimum absolute atomic E-state index is 0.481. The van der Waals surface area contributed by atoms with Gasteiger partial charge in [0.1, 0.15) is 5.75 Å². The third-order valence-corrected chi connectivity index (χ3v) is 3.31. The van der Waals surface area contributed by atoms with Gasteiger partial charge in [0.05, 0.1) is 7.11 Å². The van der Waals surface area contributed by atoms with Gasteiger partial charge >= 0.3 is 0 Å². The topological polar surface area (TPSA) is 21.3 Å². The molecule has 1 rings (SSSR count). The average Bonchev–Trinajstić information content (AvgIpc) is 2.39. The summed E-state index contributed by atoms with van der Waals surface area (Å²) in [6.45, 7) is 7.65. The summed E-state index contributed by atoms with van der Waals surface area (Å²) < 4.78 is 5.32. The normalized spacial score (nSPS) is 12.4. The number of nitrogens with one attached hydrogen (secondary N) is 1. The van der Waals surface area contributed by atoms with Crippen LogP contribution in [0.25, 0.3) is 0 Å². The van der Waals surface area contributed by atoms with Gasteiger partial charge < -0.3 is 10.1 Å². The van der Waals surface area contributed by atoms with Crippen LogP contribution in [-0.2, 0) is 0 Å². The predicted octanol–water partition coefficient (Wildman–Crippen LogP) is 4.23. The highest BCUT2D eigenvalue weighted by atomic mass is 16.5. The Morgan fingerprint density at radius 2 is 2.00 bits per heavy atom. The summed E-state index contributed by atoms with van der Waals surface area (Å²) in [5.41, 5.74) is 2.60. The van der Waals surface area contributed by atoms with Gasteiger partial charge in [-0.15, -0.1) is 0 Å². The zero-order valence-electron chi connectivity index (χ0n) is 12.3. The number of methoxy groups -OCH3 is 1. The van der Waals surface area contributed by atoms with Crippen LogP contribution in [0.1, 0.15) is 56.7 Å². The molecule has 0 aliphatic carbocycles. The Labute approximate surface area is 112 Å². The smallest absolute Gasteiger partial charge is 0.121 e. The van der Waals surface area contributed by atoms with E-state index in [0.717, 1.165) is 12.3 Å². The van der Waals surface area contributed by atoms with Crippen LogP contribution < -0.4 is 10.1 Å². The maximum absolute atomic E-state index is 5.32. The van der Waals surface area contributed by atoms with Crippen LogP contribution in [0.4, 0.5) is 0 Å². The van der Waals surface area contributed by atoms with Crippen LogP contribution >= 0.6 is 0 Å². The quantitative estimate of drug-likeness (QED) is 0.744. The Balaban J connectivity index is 2.79. The van der Waals surface area contributed by atoms with E-state index in [1.165, 1.54) is 36.8 Å². The Morgan fingerprint density at radius 1 is 1.22 bits per heavy atom. The monoisotopic (exact) mass is 249 g/mol. The molecule has 0 aliphatic rings. The van der Waals surface area contributed by atoms with Crippen LogP contribution in [0, 0.1) is 6.92 Å². The fourth-order valence-corrected chi connectivity index (χ4v) is 2.23. The van der Waals surface area contributed by atoms with Gasteiger partial charge in [0, 0.05) is 6.04 Å². The standard InChI is InChI=1S/C16H27NO/c1-5-7-8-15(17-11-6-2)14-9-10-16(18-4)13(3)12-14/h9-10,12,15,17H,5-8,11H2,1-4H3. The highest BCUT2D eigenvalue weighted by molar-refractivity contribution is 5.37. The van der Waals surface area contributed by atoms with Gasteiger partial charge in [-0.05, 0) is 43.5 Å². The first kappa shape index (κ1) is 15.0. The summed E-state index contributed by atoms with van der Waals surface area (Å²) in [6.07, 6.45) is 4.91. The van der Waals surface area contributed by atoms with Crippen molar-refractivity contribution in [3.05, 3.63) is 29.3 Å². The molecule has 0 saturated carbocycles. The van der Waals surface area contributed by atoms with E-state index in [-0.39, 0.29) is 0 Å². The van der Waals surface area contributed by atoms with E-state index in [0.29, 0.717) is 6.04 Å². The fraction of sp³-hybridized carbons (Fsp3) is 0.625.